The Balaban J connectivity index is 2.40. The Labute approximate surface area is 120 Å². The molecule has 4 nitrogen and oxygen atoms in total. The highest BCUT2D eigenvalue weighted by Gasteiger charge is 2.71. The van der Waals surface area contributed by atoms with E-state index in [2.05, 4.69) is 6.07 Å². The van der Waals surface area contributed by atoms with E-state index in [0.29, 0.717) is 6.61 Å². The molecule has 0 radical (unpaired) electrons. The minimum absolute atomic E-state index is 0.163. The lowest BCUT2D eigenvalue weighted by Crippen LogP contribution is -2.18. The van der Waals surface area contributed by atoms with Crippen molar-refractivity contribution < 1.29 is 13.2 Å². The van der Waals surface area contributed by atoms with E-state index in [1.165, 1.54) is 6.26 Å². The summed E-state index contributed by atoms with van der Waals surface area (Å²) in [6.45, 7) is 4.45. The van der Waals surface area contributed by atoms with Crippen molar-refractivity contribution in [3.63, 3.8) is 0 Å². The molecular formula is C15H19NO3S. The number of rotatable bonds is 5. The van der Waals surface area contributed by atoms with Gasteiger partial charge in [-0.25, -0.2) is 8.42 Å². The molecular weight excluding hydrogens is 274 g/mol. The topological polar surface area (TPSA) is 67.2 Å². The molecule has 1 fully saturated rings. The number of sulfone groups is 1. The van der Waals surface area contributed by atoms with Crippen LogP contribution in [0, 0.1) is 23.7 Å². The monoisotopic (exact) mass is 293 g/mol. The third-order valence-corrected chi connectivity index (χ3v) is 5.52. The zero-order chi connectivity index (χ0) is 15.0. The van der Waals surface area contributed by atoms with Gasteiger partial charge in [0.15, 0.2) is 9.84 Å². The van der Waals surface area contributed by atoms with Crippen molar-refractivity contribution in [2.75, 3.05) is 19.5 Å². The first kappa shape index (κ1) is 15.0. The van der Waals surface area contributed by atoms with Gasteiger partial charge in [0.2, 0.25) is 0 Å². The predicted molar refractivity (Wildman–Crippen MR) is 77.1 cm³/mol. The summed E-state index contributed by atoms with van der Waals surface area (Å²) < 4.78 is 29.3. The SMILES string of the molecule is CCOCC1(C#N)C(c2ccc(C)cc2)C1S(C)(=O)=O. The molecule has 1 aromatic rings. The van der Waals surface area contributed by atoms with Gasteiger partial charge in [0, 0.05) is 18.8 Å². The van der Waals surface area contributed by atoms with Crippen LogP contribution in [0.15, 0.2) is 24.3 Å². The highest BCUT2D eigenvalue weighted by Crippen LogP contribution is 2.62. The van der Waals surface area contributed by atoms with Gasteiger partial charge in [-0.2, -0.15) is 5.26 Å². The summed E-state index contributed by atoms with van der Waals surface area (Å²) in [5.41, 5.74) is 1.06. The van der Waals surface area contributed by atoms with Gasteiger partial charge < -0.3 is 4.74 Å². The Morgan fingerprint density at radius 2 is 1.95 bits per heavy atom. The molecule has 1 aliphatic carbocycles. The predicted octanol–water partition coefficient (Wildman–Crippen LogP) is 2.05. The summed E-state index contributed by atoms with van der Waals surface area (Å²) in [5.74, 6) is -0.297. The van der Waals surface area contributed by atoms with Crippen LogP contribution in [0.2, 0.25) is 0 Å². The first-order chi connectivity index (χ1) is 9.36. The van der Waals surface area contributed by atoms with Gasteiger partial charge in [0.25, 0.3) is 0 Å². The molecule has 0 bridgehead atoms. The van der Waals surface area contributed by atoms with E-state index in [4.69, 9.17) is 4.74 Å². The maximum absolute atomic E-state index is 12.0. The maximum atomic E-state index is 12.0. The molecule has 0 heterocycles. The Morgan fingerprint density at radius 1 is 1.35 bits per heavy atom. The summed E-state index contributed by atoms with van der Waals surface area (Å²) in [6, 6.07) is 9.90. The smallest absolute Gasteiger partial charge is 0.152 e. The molecule has 20 heavy (non-hydrogen) atoms. The molecule has 0 spiro atoms. The summed E-state index contributed by atoms with van der Waals surface area (Å²) >= 11 is 0. The van der Waals surface area contributed by atoms with Gasteiger partial charge in [0.05, 0.1) is 17.9 Å². The maximum Gasteiger partial charge on any atom is 0.152 e. The van der Waals surface area contributed by atoms with E-state index < -0.39 is 20.5 Å². The van der Waals surface area contributed by atoms with E-state index in [1.807, 2.05) is 38.1 Å². The summed E-state index contributed by atoms with van der Waals surface area (Å²) in [7, 11) is -3.29. The van der Waals surface area contributed by atoms with Crippen LogP contribution >= 0.6 is 0 Å². The van der Waals surface area contributed by atoms with Gasteiger partial charge in [-0.1, -0.05) is 29.8 Å². The number of nitriles is 1. The van der Waals surface area contributed by atoms with Crippen molar-refractivity contribution in [1.29, 1.82) is 5.26 Å². The van der Waals surface area contributed by atoms with Gasteiger partial charge in [0.1, 0.15) is 5.41 Å². The molecule has 0 amide bonds. The average molecular weight is 293 g/mol. The van der Waals surface area contributed by atoms with Crippen LogP contribution in [0.4, 0.5) is 0 Å². The number of nitrogens with zero attached hydrogens (tertiary/aromatic N) is 1. The minimum Gasteiger partial charge on any atom is -0.380 e. The Kier molecular flexibility index (Phi) is 3.90. The lowest BCUT2D eigenvalue weighted by atomic mass is 10.0. The summed E-state index contributed by atoms with van der Waals surface area (Å²) in [6.07, 6.45) is 1.20. The van der Waals surface area contributed by atoms with E-state index in [-0.39, 0.29) is 12.5 Å². The number of aryl methyl sites for hydroxylation is 1. The van der Waals surface area contributed by atoms with Gasteiger partial charge in [-0.05, 0) is 19.4 Å². The number of benzene rings is 1. The quantitative estimate of drug-likeness (QED) is 0.833. The van der Waals surface area contributed by atoms with Crippen LogP contribution in [0.3, 0.4) is 0 Å². The number of ether oxygens (including phenoxy) is 1. The van der Waals surface area contributed by atoms with Crippen LogP contribution in [0.1, 0.15) is 24.0 Å². The van der Waals surface area contributed by atoms with E-state index in [9.17, 15) is 13.7 Å². The largest absolute Gasteiger partial charge is 0.380 e. The second kappa shape index (κ2) is 5.19. The highest BCUT2D eigenvalue weighted by atomic mass is 32.2. The lowest BCUT2D eigenvalue weighted by Gasteiger charge is -2.08. The van der Waals surface area contributed by atoms with E-state index in [1.54, 1.807) is 0 Å². The van der Waals surface area contributed by atoms with Crippen LogP contribution < -0.4 is 0 Å². The van der Waals surface area contributed by atoms with Crippen molar-refractivity contribution >= 4 is 9.84 Å². The standard InChI is InChI=1S/C15H19NO3S/c1-4-19-10-15(9-16)13(14(15)20(3,17)18)12-7-5-11(2)6-8-12/h5-8,13-14H,4,10H2,1-3H3. The first-order valence-corrected chi connectivity index (χ1v) is 8.56. The molecule has 1 aliphatic rings. The molecule has 0 aliphatic heterocycles. The second-order valence-electron chi connectivity index (χ2n) is 5.43. The van der Waals surface area contributed by atoms with Gasteiger partial charge >= 0.3 is 0 Å². The lowest BCUT2D eigenvalue weighted by molar-refractivity contribution is 0.117. The first-order valence-electron chi connectivity index (χ1n) is 6.61. The van der Waals surface area contributed by atoms with Gasteiger partial charge in [-0.15, -0.1) is 0 Å². The Bertz CT molecular complexity index is 630. The molecule has 1 aromatic carbocycles. The third kappa shape index (κ3) is 2.46. The van der Waals surface area contributed by atoms with Crippen molar-refractivity contribution in [3.8, 4) is 6.07 Å². The van der Waals surface area contributed by atoms with Crippen LogP contribution in [0.5, 0.6) is 0 Å². The second-order valence-corrected chi connectivity index (χ2v) is 7.59. The Morgan fingerprint density at radius 3 is 2.40 bits per heavy atom. The number of hydrogen-bond donors (Lipinski definition) is 0. The summed E-state index contributed by atoms with van der Waals surface area (Å²) in [5, 5.41) is 8.84. The minimum atomic E-state index is -3.29. The fourth-order valence-corrected chi connectivity index (χ4v) is 4.74. The zero-order valence-electron chi connectivity index (χ0n) is 12.0. The van der Waals surface area contributed by atoms with Crippen molar-refractivity contribution in [3.05, 3.63) is 35.4 Å². The van der Waals surface area contributed by atoms with Crippen molar-refractivity contribution in [1.82, 2.24) is 0 Å². The fraction of sp³-hybridized carbons (Fsp3) is 0.533. The van der Waals surface area contributed by atoms with Crippen molar-refractivity contribution in [2.24, 2.45) is 5.41 Å². The molecule has 0 aromatic heterocycles. The number of hydrogen-bond acceptors (Lipinski definition) is 4. The Hall–Kier alpha value is -1.38. The molecule has 3 atom stereocenters. The zero-order valence-corrected chi connectivity index (χ0v) is 12.8. The van der Waals surface area contributed by atoms with E-state index in [0.717, 1.165) is 11.1 Å². The summed E-state index contributed by atoms with van der Waals surface area (Å²) in [4.78, 5) is 0. The molecule has 108 valence electrons. The third-order valence-electron chi connectivity index (χ3n) is 3.91. The molecule has 0 N–H and O–H groups in total. The van der Waals surface area contributed by atoms with Crippen molar-refractivity contribution in [2.45, 2.75) is 25.0 Å². The average Bonchev–Trinajstić information content (AvgIpc) is 3.07. The normalized spacial score (nSPS) is 28.9. The molecule has 3 unspecified atom stereocenters. The molecule has 1 saturated carbocycles. The van der Waals surface area contributed by atoms with Gasteiger partial charge in [-0.3, -0.25) is 0 Å². The van der Waals surface area contributed by atoms with Crippen LogP contribution in [0.25, 0.3) is 0 Å². The van der Waals surface area contributed by atoms with Crippen LogP contribution in [-0.4, -0.2) is 33.1 Å². The molecule has 2 rings (SSSR count). The molecule has 0 saturated heterocycles. The molecule has 5 heteroatoms. The van der Waals surface area contributed by atoms with E-state index >= 15 is 0 Å². The fourth-order valence-electron chi connectivity index (χ4n) is 2.89. The van der Waals surface area contributed by atoms with Crippen LogP contribution in [-0.2, 0) is 14.6 Å². The highest BCUT2D eigenvalue weighted by molar-refractivity contribution is 7.91.